The van der Waals surface area contributed by atoms with Gasteiger partial charge in [-0.1, -0.05) is 6.92 Å². The molecule has 0 aromatic carbocycles. The molecule has 0 bridgehead atoms. The smallest absolute Gasteiger partial charge is 0.217 e. The van der Waals surface area contributed by atoms with Gasteiger partial charge in [0.05, 0.1) is 0 Å². The van der Waals surface area contributed by atoms with Gasteiger partial charge < -0.3 is 15.5 Å². The van der Waals surface area contributed by atoms with Crippen LogP contribution in [0.1, 0.15) is 39.5 Å². The molecule has 4 heteroatoms. The minimum atomic E-state index is 0.107. The number of carbonyl (C=O) groups is 1. The fourth-order valence-electron chi connectivity index (χ4n) is 2.71. The lowest BCUT2D eigenvalue weighted by Gasteiger charge is -2.33. The van der Waals surface area contributed by atoms with Gasteiger partial charge >= 0.3 is 0 Å². The largest absolute Gasteiger partial charge is 0.354 e. The zero-order valence-electron chi connectivity index (χ0n) is 11.7. The molecule has 0 aromatic heterocycles. The predicted molar refractivity (Wildman–Crippen MR) is 73.5 cm³/mol. The average molecular weight is 253 g/mol. The second-order valence-electron chi connectivity index (χ2n) is 6.06. The fourth-order valence-corrected chi connectivity index (χ4v) is 2.71. The maximum Gasteiger partial charge on any atom is 0.217 e. The molecule has 4 nitrogen and oxygen atoms in total. The SMILES string of the molecule is CC(=O)NC1CCN(CC(C)CNC2CC2)CC1. The van der Waals surface area contributed by atoms with Crippen molar-refractivity contribution in [1.82, 2.24) is 15.5 Å². The van der Waals surface area contributed by atoms with Gasteiger partial charge in [-0.05, 0) is 38.1 Å². The van der Waals surface area contributed by atoms with Crippen LogP contribution in [0.15, 0.2) is 0 Å². The van der Waals surface area contributed by atoms with Gasteiger partial charge in [0.1, 0.15) is 0 Å². The van der Waals surface area contributed by atoms with Gasteiger partial charge in [-0.3, -0.25) is 4.79 Å². The summed E-state index contributed by atoms with van der Waals surface area (Å²) in [6.07, 6.45) is 4.94. The Morgan fingerprint density at radius 1 is 1.22 bits per heavy atom. The van der Waals surface area contributed by atoms with Crippen molar-refractivity contribution in [2.45, 2.75) is 51.6 Å². The molecule has 1 aliphatic carbocycles. The average Bonchev–Trinajstić information content (AvgIpc) is 3.12. The van der Waals surface area contributed by atoms with Crippen LogP contribution < -0.4 is 10.6 Å². The van der Waals surface area contributed by atoms with Gasteiger partial charge in [-0.2, -0.15) is 0 Å². The molecule has 2 fully saturated rings. The lowest BCUT2D eigenvalue weighted by atomic mass is 10.0. The zero-order valence-corrected chi connectivity index (χ0v) is 11.7. The minimum absolute atomic E-state index is 0.107. The third-order valence-corrected chi connectivity index (χ3v) is 3.90. The Morgan fingerprint density at radius 3 is 2.44 bits per heavy atom. The highest BCUT2D eigenvalue weighted by atomic mass is 16.1. The Labute approximate surface area is 110 Å². The fraction of sp³-hybridized carbons (Fsp3) is 0.929. The molecule has 2 rings (SSSR count). The van der Waals surface area contributed by atoms with Crippen LogP contribution in [0, 0.1) is 5.92 Å². The molecule has 1 unspecified atom stereocenters. The Kier molecular flexibility index (Phi) is 5.01. The second-order valence-corrected chi connectivity index (χ2v) is 6.06. The van der Waals surface area contributed by atoms with Crippen molar-refractivity contribution in [3.63, 3.8) is 0 Å². The Morgan fingerprint density at radius 2 is 1.89 bits per heavy atom. The monoisotopic (exact) mass is 253 g/mol. The van der Waals surface area contributed by atoms with Crippen molar-refractivity contribution in [3.05, 3.63) is 0 Å². The van der Waals surface area contributed by atoms with Crippen LogP contribution in [0.25, 0.3) is 0 Å². The van der Waals surface area contributed by atoms with Gasteiger partial charge in [-0.25, -0.2) is 0 Å². The van der Waals surface area contributed by atoms with Gasteiger partial charge in [-0.15, -0.1) is 0 Å². The number of likely N-dealkylation sites (tertiary alicyclic amines) is 1. The number of hydrogen-bond donors (Lipinski definition) is 2. The number of hydrogen-bond acceptors (Lipinski definition) is 3. The Hall–Kier alpha value is -0.610. The van der Waals surface area contributed by atoms with E-state index < -0.39 is 0 Å². The number of piperidine rings is 1. The van der Waals surface area contributed by atoms with Crippen LogP contribution in [0.3, 0.4) is 0 Å². The third kappa shape index (κ3) is 4.94. The molecule has 1 amide bonds. The van der Waals surface area contributed by atoms with Crippen LogP contribution in [0.5, 0.6) is 0 Å². The first kappa shape index (κ1) is 13.8. The maximum atomic E-state index is 11.0. The molecule has 2 aliphatic rings. The summed E-state index contributed by atoms with van der Waals surface area (Å²) >= 11 is 0. The van der Waals surface area contributed by atoms with Crippen molar-refractivity contribution in [2.24, 2.45) is 5.92 Å². The van der Waals surface area contributed by atoms with E-state index in [9.17, 15) is 4.79 Å². The summed E-state index contributed by atoms with van der Waals surface area (Å²) < 4.78 is 0. The van der Waals surface area contributed by atoms with E-state index in [1.165, 1.54) is 19.4 Å². The number of amides is 1. The Bertz CT molecular complexity index is 270. The summed E-state index contributed by atoms with van der Waals surface area (Å²) in [5.74, 6) is 0.832. The molecule has 1 aliphatic heterocycles. The first-order chi connectivity index (χ1) is 8.63. The highest BCUT2D eigenvalue weighted by Crippen LogP contribution is 2.19. The van der Waals surface area contributed by atoms with Crippen LogP contribution in [-0.4, -0.2) is 49.1 Å². The quantitative estimate of drug-likeness (QED) is 0.741. The van der Waals surface area contributed by atoms with E-state index in [1.807, 2.05) is 0 Å². The van der Waals surface area contributed by atoms with Gasteiger partial charge in [0, 0.05) is 38.6 Å². The van der Waals surface area contributed by atoms with Gasteiger partial charge in [0.15, 0.2) is 0 Å². The van der Waals surface area contributed by atoms with Crippen molar-refractivity contribution in [2.75, 3.05) is 26.2 Å². The molecule has 1 saturated heterocycles. The second kappa shape index (κ2) is 6.53. The summed E-state index contributed by atoms with van der Waals surface area (Å²) in [7, 11) is 0. The summed E-state index contributed by atoms with van der Waals surface area (Å²) in [6.45, 7) is 8.52. The van der Waals surface area contributed by atoms with E-state index in [1.54, 1.807) is 6.92 Å². The third-order valence-electron chi connectivity index (χ3n) is 3.90. The number of carbonyl (C=O) groups excluding carboxylic acids is 1. The van der Waals surface area contributed by atoms with E-state index in [0.29, 0.717) is 6.04 Å². The highest BCUT2D eigenvalue weighted by molar-refractivity contribution is 5.73. The Balaban J connectivity index is 1.58. The van der Waals surface area contributed by atoms with E-state index in [4.69, 9.17) is 0 Å². The van der Waals surface area contributed by atoms with Gasteiger partial charge in [0.2, 0.25) is 5.91 Å². The molecule has 0 aromatic rings. The first-order valence-electron chi connectivity index (χ1n) is 7.36. The van der Waals surface area contributed by atoms with Gasteiger partial charge in [0.25, 0.3) is 0 Å². The topological polar surface area (TPSA) is 44.4 Å². The molecule has 0 radical (unpaired) electrons. The zero-order chi connectivity index (χ0) is 13.0. The van der Waals surface area contributed by atoms with Crippen LogP contribution in [-0.2, 0) is 4.79 Å². The molecule has 1 heterocycles. The number of nitrogens with zero attached hydrogens (tertiary/aromatic N) is 1. The standard InChI is InChI=1S/C14H27N3O/c1-11(9-15-13-3-4-13)10-17-7-5-14(6-8-17)16-12(2)18/h11,13-15H,3-10H2,1-2H3,(H,16,18). The summed E-state index contributed by atoms with van der Waals surface area (Å²) in [5.41, 5.74) is 0. The van der Waals surface area contributed by atoms with Crippen molar-refractivity contribution in [3.8, 4) is 0 Å². The minimum Gasteiger partial charge on any atom is -0.354 e. The van der Waals surface area contributed by atoms with E-state index in [0.717, 1.165) is 44.4 Å². The predicted octanol–water partition coefficient (Wildman–Crippen LogP) is 0.975. The molecule has 0 spiro atoms. The number of rotatable bonds is 6. The normalized spacial score (nSPS) is 23.9. The van der Waals surface area contributed by atoms with E-state index >= 15 is 0 Å². The molecular formula is C14H27N3O. The molecule has 1 saturated carbocycles. The van der Waals surface area contributed by atoms with Crippen molar-refractivity contribution >= 4 is 5.91 Å². The van der Waals surface area contributed by atoms with Crippen molar-refractivity contribution < 1.29 is 4.79 Å². The van der Waals surface area contributed by atoms with Crippen molar-refractivity contribution in [1.29, 1.82) is 0 Å². The molecule has 2 N–H and O–H groups in total. The van der Waals surface area contributed by atoms with E-state index in [-0.39, 0.29) is 5.91 Å². The molecule has 104 valence electrons. The molecule has 18 heavy (non-hydrogen) atoms. The lowest BCUT2D eigenvalue weighted by Crippen LogP contribution is -2.45. The first-order valence-corrected chi connectivity index (χ1v) is 7.36. The summed E-state index contributed by atoms with van der Waals surface area (Å²) in [4.78, 5) is 13.5. The van der Waals surface area contributed by atoms with Crippen LogP contribution >= 0.6 is 0 Å². The lowest BCUT2D eigenvalue weighted by molar-refractivity contribution is -0.119. The maximum absolute atomic E-state index is 11.0. The summed E-state index contributed by atoms with van der Waals surface area (Å²) in [6, 6.07) is 1.22. The number of nitrogens with one attached hydrogen (secondary N) is 2. The van der Waals surface area contributed by atoms with Crippen LogP contribution in [0.2, 0.25) is 0 Å². The summed E-state index contributed by atoms with van der Waals surface area (Å²) in [5, 5.41) is 6.62. The van der Waals surface area contributed by atoms with Crippen LogP contribution in [0.4, 0.5) is 0 Å². The molecular weight excluding hydrogens is 226 g/mol. The molecule has 1 atom stereocenters. The highest BCUT2D eigenvalue weighted by Gasteiger charge is 2.23. The van der Waals surface area contributed by atoms with E-state index in [2.05, 4.69) is 22.5 Å².